The molecule has 7 nitrogen and oxygen atoms in total. The number of hydrogen-bond acceptors (Lipinski definition) is 4. The first kappa shape index (κ1) is 17.2. The number of likely N-dealkylation sites (N-methyl/N-ethyl adjacent to an activating group) is 1. The van der Waals surface area contributed by atoms with Crippen molar-refractivity contribution < 1.29 is 9.18 Å². The van der Waals surface area contributed by atoms with Crippen LogP contribution in [0.1, 0.15) is 10.4 Å². The Labute approximate surface area is 154 Å². The molecule has 0 unspecified atom stereocenters. The van der Waals surface area contributed by atoms with Crippen LogP contribution in [0.3, 0.4) is 0 Å². The number of carbonyl (C=O) groups is 1. The molecular weight excluding hydrogens is 347 g/mol. The lowest BCUT2D eigenvalue weighted by molar-refractivity contribution is 0.0951. The maximum absolute atomic E-state index is 13.4. The van der Waals surface area contributed by atoms with Gasteiger partial charge in [-0.05, 0) is 50.5 Å². The number of halogens is 1. The lowest BCUT2D eigenvalue weighted by Crippen LogP contribution is -2.31. The number of aromatic amines is 2. The zero-order chi connectivity index (χ0) is 19.0. The third-order valence-corrected chi connectivity index (χ3v) is 4.34. The highest BCUT2D eigenvalue weighted by atomic mass is 19.1. The Hall–Kier alpha value is -3.26. The van der Waals surface area contributed by atoms with Crippen LogP contribution in [-0.4, -0.2) is 58.2 Å². The Morgan fingerprint density at radius 1 is 1.19 bits per heavy atom. The third kappa shape index (κ3) is 3.39. The summed E-state index contributed by atoms with van der Waals surface area (Å²) in [6.45, 7) is 1.33. The summed E-state index contributed by atoms with van der Waals surface area (Å²) >= 11 is 0. The van der Waals surface area contributed by atoms with E-state index in [9.17, 15) is 9.18 Å². The highest BCUT2D eigenvalue weighted by Crippen LogP contribution is 2.27. The van der Waals surface area contributed by atoms with Crippen molar-refractivity contribution in [2.45, 2.75) is 0 Å². The number of hydrogen-bond donors (Lipinski definition) is 3. The lowest BCUT2D eigenvalue weighted by atomic mass is 10.1. The first-order valence-corrected chi connectivity index (χ1v) is 8.58. The summed E-state index contributed by atoms with van der Waals surface area (Å²) in [5.41, 5.74) is 3.18. The minimum absolute atomic E-state index is 0.141. The molecule has 0 spiro atoms. The van der Waals surface area contributed by atoms with E-state index in [1.54, 1.807) is 18.2 Å². The Balaban J connectivity index is 1.68. The summed E-state index contributed by atoms with van der Waals surface area (Å²) in [5.74, 6) is 0.0471. The Morgan fingerprint density at radius 2 is 2.04 bits per heavy atom. The largest absolute Gasteiger partial charge is 0.351 e. The van der Waals surface area contributed by atoms with E-state index in [0.29, 0.717) is 34.7 Å². The van der Waals surface area contributed by atoms with Gasteiger partial charge in [-0.1, -0.05) is 0 Å². The van der Waals surface area contributed by atoms with Crippen LogP contribution in [0, 0.1) is 5.82 Å². The molecule has 0 radical (unpaired) electrons. The van der Waals surface area contributed by atoms with E-state index in [1.807, 2.05) is 25.1 Å². The second kappa shape index (κ2) is 6.81. The molecule has 2 heterocycles. The predicted octanol–water partition coefficient (Wildman–Crippen LogP) is 2.54. The Morgan fingerprint density at radius 3 is 2.85 bits per heavy atom. The smallest absolute Gasteiger partial charge is 0.251 e. The normalized spacial score (nSPS) is 11.6. The van der Waals surface area contributed by atoms with Crippen LogP contribution < -0.4 is 5.32 Å². The number of fused-ring (bicyclic) bond motifs is 2. The molecule has 2 aromatic carbocycles. The molecule has 0 aliphatic heterocycles. The molecule has 0 saturated heterocycles. The molecule has 4 aromatic rings. The molecule has 0 fully saturated rings. The van der Waals surface area contributed by atoms with Crippen molar-refractivity contribution >= 4 is 27.8 Å². The third-order valence-electron chi connectivity index (χ3n) is 4.34. The van der Waals surface area contributed by atoms with Crippen LogP contribution in [0.2, 0.25) is 0 Å². The van der Waals surface area contributed by atoms with E-state index >= 15 is 0 Å². The number of nitrogens with zero attached hydrogens (tertiary/aromatic N) is 3. The fourth-order valence-corrected chi connectivity index (χ4v) is 2.92. The molecule has 3 N–H and O–H groups in total. The van der Waals surface area contributed by atoms with Crippen molar-refractivity contribution in [1.82, 2.24) is 30.4 Å². The molecule has 4 rings (SSSR count). The van der Waals surface area contributed by atoms with Crippen LogP contribution in [0.4, 0.5) is 4.39 Å². The van der Waals surface area contributed by atoms with Crippen molar-refractivity contribution in [3.05, 3.63) is 47.8 Å². The average Bonchev–Trinajstić information content (AvgIpc) is 3.23. The summed E-state index contributed by atoms with van der Waals surface area (Å²) in [6, 6.07) is 9.73. The number of imidazole rings is 1. The van der Waals surface area contributed by atoms with Crippen LogP contribution in [0.25, 0.3) is 33.5 Å². The number of amides is 1. The number of H-pyrrole nitrogens is 2. The molecule has 0 bridgehead atoms. The summed E-state index contributed by atoms with van der Waals surface area (Å²) in [7, 11) is 3.91. The summed E-state index contributed by atoms with van der Waals surface area (Å²) < 4.78 is 13.4. The van der Waals surface area contributed by atoms with Crippen LogP contribution in [0.15, 0.2) is 36.4 Å². The van der Waals surface area contributed by atoms with Gasteiger partial charge in [0, 0.05) is 24.0 Å². The number of rotatable bonds is 5. The Kier molecular flexibility index (Phi) is 4.33. The highest BCUT2D eigenvalue weighted by Gasteiger charge is 2.15. The lowest BCUT2D eigenvalue weighted by Gasteiger charge is -2.10. The van der Waals surface area contributed by atoms with E-state index in [0.717, 1.165) is 17.4 Å². The zero-order valence-electron chi connectivity index (χ0n) is 15.0. The number of benzene rings is 2. The quantitative estimate of drug-likeness (QED) is 0.506. The van der Waals surface area contributed by atoms with E-state index in [-0.39, 0.29) is 11.7 Å². The maximum Gasteiger partial charge on any atom is 0.251 e. The number of carbonyl (C=O) groups excluding carboxylic acids is 1. The molecule has 0 aliphatic carbocycles. The van der Waals surface area contributed by atoms with Gasteiger partial charge >= 0.3 is 0 Å². The Bertz CT molecular complexity index is 1130. The SMILES string of the molecule is CN(C)CCNC(=O)c1ccc2[nH]nc(-c3nc4ccc(F)cc4[nH]3)c2c1. The summed E-state index contributed by atoms with van der Waals surface area (Å²) in [5, 5.41) is 10.9. The second-order valence-electron chi connectivity index (χ2n) is 6.64. The minimum Gasteiger partial charge on any atom is -0.351 e. The van der Waals surface area contributed by atoms with Crippen molar-refractivity contribution in [2.75, 3.05) is 27.2 Å². The minimum atomic E-state index is -0.332. The first-order valence-electron chi connectivity index (χ1n) is 8.58. The van der Waals surface area contributed by atoms with Crippen molar-refractivity contribution in [2.24, 2.45) is 0 Å². The van der Waals surface area contributed by atoms with Gasteiger partial charge in [-0.15, -0.1) is 0 Å². The predicted molar refractivity (Wildman–Crippen MR) is 102 cm³/mol. The molecule has 138 valence electrons. The fraction of sp³-hybridized carbons (Fsp3) is 0.211. The van der Waals surface area contributed by atoms with Gasteiger partial charge in [-0.25, -0.2) is 9.37 Å². The van der Waals surface area contributed by atoms with Gasteiger partial charge < -0.3 is 15.2 Å². The van der Waals surface area contributed by atoms with Crippen molar-refractivity contribution in [1.29, 1.82) is 0 Å². The zero-order valence-corrected chi connectivity index (χ0v) is 15.0. The first-order chi connectivity index (χ1) is 13.0. The fourth-order valence-electron chi connectivity index (χ4n) is 2.92. The van der Waals surface area contributed by atoms with Gasteiger partial charge in [-0.3, -0.25) is 9.89 Å². The molecule has 1 amide bonds. The number of aromatic nitrogens is 4. The molecule has 2 aromatic heterocycles. The average molecular weight is 366 g/mol. The standard InChI is InChI=1S/C19H19FN6O/c1-26(2)8-7-21-19(27)11-3-5-14-13(9-11)17(25-24-14)18-22-15-6-4-12(20)10-16(15)23-18/h3-6,9-10H,7-8H2,1-2H3,(H,21,27)(H,22,23)(H,24,25). The van der Waals surface area contributed by atoms with Crippen LogP contribution in [0.5, 0.6) is 0 Å². The van der Waals surface area contributed by atoms with Gasteiger partial charge in [0.2, 0.25) is 0 Å². The van der Waals surface area contributed by atoms with Gasteiger partial charge in [0.1, 0.15) is 11.5 Å². The highest BCUT2D eigenvalue weighted by molar-refractivity contribution is 6.01. The van der Waals surface area contributed by atoms with E-state index < -0.39 is 0 Å². The van der Waals surface area contributed by atoms with E-state index in [1.165, 1.54) is 12.1 Å². The second-order valence-corrected chi connectivity index (χ2v) is 6.64. The van der Waals surface area contributed by atoms with Gasteiger partial charge in [0.15, 0.2) is 5.82 Å². The van der Waals surface area contributed by atoms with Crippen LogP contribution >= 0.6 is 0 Å². The van der Waals surface area contributed by atoms with Crippen molar-refractivity contribution in [3.63, 3.8) is 0 Å². The number of nitrogens with one attached hydrogen (secondary N) is 3. The van der Waals surface area contributed by atoms with E-state index in [4.69, 9.17) is 0 Å². The topological polar surface area (TPSA) is 89.7 Å². The van der Waals surface area contributed by atoms with Crippen LogP contribution in [-0.2, 0) is 0 Å². The molecule has 0 saturated carbocycles. The van der Waals surface area contributed by atoms with Gasteiger partial charge in [0.25, 0.3) is 5.91 Å². The van der Waals surface area contributed by atoms with Crippen molar-refractivity contribution in [3.8, 4) is 11.5 Å². The molecule has 27 heavy (non-hydrogen) atoms. The van der Waals surface area contributed by atoms with Gasteiger partial charge in [0.05, 0.1) is 16.6 Å². The summed E-state index contributed by atoms with van der Waals surface area (Å²) in [6.07, 6.45) is 0. The van der Waals surface area contributed by atoms with E-state index in [2.05, 4.69) is 25.5 Å². The van der Waals surface area contributed by atoms with Gasteiger partial charge in [-0.2, -0.15) is 5.10 Å². The molecule has 0 aliphatic rings. The molecule has 0 atom stereocenters. The molecular formula is C19H19FN6O. The maximum atomic E-state index is 13.4. The summed E-state index contributed by atoms with van der Waals surface area (Å²) in [4.78, 5) is 22.0. The molecule has 8 heteroatoms. The monoisotopic (exact) mass is 366 g/mol.